The number of nitrogens with one attached hydrogen (secondary N) is 1. The van der Waals surface area contributed by atoms with Crippen molar-refractivity contribution >= 4 is 0 Å². The third kappa shape index (κ3) is 8.83. The van der Waals surface area contributed by atoms with Crippen molar-refractivity contribution < 1.29 is 0 Å². The van der Waals surface area contributed by atoms with Crippen LogP contribution in [0.25, 0.3) is 0 Å². The highest BCUT2D eigenvalue weighted by Gasteiger charge is 2.03. The third-order valence-corrected chi connectivity index (χ3v) is 3.03. The molecule has 0 aromatic carbocycles. The zero-order valence-electron chi connectivity index (χ0n) is 11.9. The molecule has 0 rings (SSSR count). The van der Waals surface area contributed by atoms with Crippen LogP contribution in [0.5, 0.6) is 0 Å². The van der Waals surface area contributed by atoms with Gasteiger partial charge >= 0.3 is 0 Å². The fraction of sp³-hybridized carbons (Fsp3) is 0.688. The van der Waals surface area contributed by atoms with E-state index < -0.39 is 0 Å². The van der Waals surface area contributed by atoms with Gasteiger partial charge in [0.1, 0.15) is 0 Å². The van der Waals surface area contributed by atoms with E-state index in [0.29, 0.717) is 5.92 Å². The first kappa shape index (κ1) is 16.1. The molecule has 0 atom stereocenters. The van der Waals surface area contributed by atoms with E-state index >= 15 is 0 Å². The van der Waals surface area contributed by atoms with Gasteiger partial charge in [0.15, 0.2) is 0 Å². The molecule has 0 fully saturated rings. The molecule has 0 heterocycles. The Morgan fingerprint density at radius 3 is 2.41 bits per heavy atom. The molecule has 0 saturated heterocycles. The SMILES string of the molecule is C=C=C(CCC(=C)NCCCCCC)C(C)C. The van der Waals surface area contributed by atoms with Crippen molar-refractivity contribution in [2.24, 2.45) is 5.92 Å². The topological polar surface area (TPSA) is 12.0 Å². The van der Waals surface area contributed by atoms with Gasteiger partial charge in [-0.1, -0.05) is 53.2 Å². The molecule has 0 aliphatic rings. The van der Waals surface area contributed by atoms with Crippen molar-refractivity contribution in [2.45, 2.75) is 59.3 Å². The number of allylic oxidation sites excluding steroid dienone is 2. The quantitative estimate of drug-likeness (QED) is 0.423. The molecule has 0 saturated carbocycles. The van der Waals surface area contributed by atoms with Crippen LogP contribution in [0, 0.1) is 5.92 Å². The van der Waals surface area contributed by atoms with Gasteiger partial charge in [0, 0.05) is 12.2 Å². The van der Waals surface area contributed by atoms with Crippen LogP contribution in [0.15, 0.2) is 30.2 Å². The first-order chi connectivity index (χ1) is 8.11. The van der Waals surface area contributed by atoms with Gasteiger partial charge in [-0.05, 0) is 30.8 Å². The Kier molecular flexibility index (Phi) is 9.66. The average molecular weight is 235 g/mol. The molecule has 1 N–H and O–H groups in total. The molecule has 0 spiro atoms. The lowest BCUT2D eigenvalue weighted by atomic mass is 9.99. The van der Waals surface area contributed by atoms with Crippen LogP contribution in [0.3, 0.4) is 0 Å². The van der Waals surface area contributed by atoms with E-state index in [-0.39, 0.29) is 0 Å². The molecule has 0 aromatic rings. The lowest BCUT2D eigenvalue weighted by Gasteiger charge is -2.12. The van der Waals surface area contributed by atoms with E-state index in [0.717, 1.165) is 25.1 Å². The monoisotopic (exact) mass is 235 g/mol. The Balaban J connectivity index is 3.63. The van der Waals surface area contributed by atoms with Gasteiger partial charge in [-0.2, -0.15) is 0 Å². The van der Waals surface area contributed by atoms with Crippen molar-refractivity contribution in [1.29, 1.82) is 0 Å². The van der Waals surface area contributed by atoms with Gasteiger partial charge in [-0.25, -0.2) is 0 Å². The summed E-state index contributed by atoms with van der Waals surface area (Å²) in [6.07, 6.45) is 7.24. The van der Waals surface area contributed by atoms with Crippen molar-refractivity contribution in [3.05, 3.63) is 30.2 Å². The van der Waals surface area contributed by atoms with E-state index in [2.05, 4.69) is 45.0 Å². The van der Waals surface area contributed by atoms with Crippen LogP contribution >= 0.6 is 0 Å². The van der Waals surface area contributed by atoms with Crippen LogP contribution in [-0.4, -0.2) is 6.54 Å². The van der Waals surface area contributed by atoms with Gasteiger partial charge in [-0.3, -0.25) is 0 Å². The maximum Gasteiger partial charge on any atom is 0.0143 e. The molecule has 0 bridgehead atoms. The normalized spacial score (nSPS) is 10.1. The van der Waals surface area contributed by atoms with Gasteiger partial charge in [-0.15, -0.1) is 5.73 Å². The summed E-state index contributed by atoms with van der Waals surface area (Å²) >= 11 is 0. The largest absolute Gasteiger partial charge is 0.389 e. The minimum atomic E-state index is 0.546. The predicted molar refractivity (Wildman–Crippen MR) is 78.0 cm³/mol. The molecule has 1 nitrogen and oxygen atoms in total. The Morgan fingerprint density at radius 1 is 1.18 bits per heavy atom. The van der Waals surface area contributed by atoms with Crippen LogP contribution in [-0.2, 0) is 0 Å². The molecule has 0 aliphatic heterocycles. The highest BCUT2D eigenvalue weighted by molar-refractivity contribution is 5.05. The van der Waals surface area contributed by atoms with Crippen molar-refractivity contribution in [3.8, 4) is 0 Å². The fourth-order valence-corrected chi connectivity index (χ4v) is 1.77. The third-order valence-electron chi connectivity index (χ3n) is 3.03. The van der Waals surface area contributed by atoms with E-state index in [9.17, 15) is 0 Å². The first-order valence-electron chi connectivity index (χ1n) is 6.92. The minimum Gasteiger partial charge on any atom is -0.389 e. The molecule has 0 radical (unpaired) electrons. The summed E-state index contributed by atoms with van der Waals surface area (Å²) < 4.78 is 0. The summed E-state index contributed by atoms with van der Waals surface area (Å²) in [5.41, 5.74) is 5.49. The summed E-state index contributed by atoms with van der Waals surface area (Å²) in [5, 5.41) is 3.40. The number of unbranched alkanes of at least 4 members (excludes halogenated alkanes) is 3. The lowest BCUT2D eigenvalue weighted by Crippen LogP contribution is -2.14. The Labute approximate surface area is 108 Å². The average Bonchev–Trinajstić information content (AvgIpc) is 2.29. The molecule has 0 unspecified atom stereocenters. The van der Waals surface area contributed by atoms with Gasteiger partial charge < -0.3 is 5.32 Å². The van der Waals surface area contributed by atoms with E-state index in [4.69, 9.17) is 0 Å². The Hall–Kier alpha value is -0.940. The van der Waals surface area contributed by atoms with Crippen LogP contribution in [0.4, 0.5) is 0 Å². The van der Waals surface area contributed by atoms with Crippen molar-refractivity contribution in [2.75, 3.05) is 6.54 Å². The Bertz CT molecular complexity index is 257. The zero-order valence-corrected chi connectivity index (χ0v) is 11.9. The summed E-state index contributed by atoms with van der Waals surface area (Å²) in [6.45, 7) is 15.5. The molecule has 1 heteroatoms. The molecule has 98 valence electrons. The highest BCUT2D eigenvalue weighted by Crippen LogP contribution is 2.16. The van der Waals surface area contributed by atoms with E-state index in [1.54, 1.807) is 0 Å². The van der Waals surface area contributed by atoms with Gasteiger partial charge in [0.2, 0.25) is 0 Å². The second-order valence-corrected chi connectivity index (χ2v) is 4.95. The minimum absolute atomic E-state index is 0.546. The molecule has 0 aromatic heterocycles. The maximum atomic E-state index is 4.07. The molecule has 0 aliphatic carbocycles. The molecule has 0 amide bonds. The highest BCUT2D eigenvalue weighted by atomic mass is 14.9. The van der Waals surface area contributed by atoms with Gasteiger partial charge in [0.05, 0.1) is 0 Å². The van der Waals surface area contributed by atoms with Crippen LogP contribution < -0.4 is 5.32 Å². The summed E-state index contributed by atoms with van der Waals surface area (Å²) in [5.74, 6) is 0.546. The summed E-state index contributed by atoms with van der Waals surface area (Å²) in [4.78, 5) is 0. The lowest BCUT2D eigenvalue weighted by molar-refractivity contribution is 0.619. The van der Waals surface area contributed by atoms with E-state index in [1.165, 1.54) is 31.3 Å². The zero-order chi connectivity index (χ0) is 13.1. The first-order valence-corrected chi connectivity index (χ1v) is 6.92. The molecule has 17 heavy (non-hydrogen) atoms. The van der Waals surface area contributed by atoms with Crippen molar-refractivity contribution in [3.63, 3.8) is 0 Å². The summed E-state index contributed by atoms with van der Waals surface area (Å²) in [6, 6.07) is 0. The molecular weight excluding hydrogens is 206 g/mol. The number of hydrogen-bond acceptors (Lipinski definition) is 1. The summed E-state index contributed by atoms with van der Waals surface area (Å²) in [7, 11) is 0. The van der Waals surface area contributed by atoms with Crippen LogP contribution in [0.1, 0.15) is 59.3 Å². The predicted octanol–water partition coefficient (Wildman–Crippen LogP) is 4.82. The fourth-order valence-electron chi connectivity index (χ4n) is 1.77. The second-order valence-electron chi connectivity index (χ2n) is 4.95. The smallest absolute Gasteiger partial charge is 0.0143 e. The van der Waals surface area contributed by atoms with Gasteiger partial charge in [0.25, 0.3) is 0 Å². The second kappa shape index (κ2) is 10.2. The van der Waals surface area contributed by atoms with E-state index in [1.807, 2.05) is 0 Å². The number of hydrogen-bond donors (Lipinski definition) is 1. The van der Waals surface area contributed by atoms with Crippen LogP contribution in [0.2, 0.25) is 0 Å². The Morgan fingerprint density at radius 2 is 1.88 bits per heavy atom. The standard InChI is InChI=1S/C16H29N/c1-6-8-9-10-13-17-15(5)11-12-16(7-2)14(3)4/h14,17H,2,5-6,8-13H2,1,3-4H3. The molecular formula is C16H29N. The maximum absolute atomic E-state index is 4.07. The van der Waals surface area contributed by atoms with Crippen molar-refractivity contribution in [1.82, 2.24) is 5.32 Å². The number of rotatable bonds is 10.